The lowest BCUT2D eigenvalue weighted by Gasteiger charge is -2.19. The Morgan fingerprint density at radius 1 is 1.25 bits per heavy atom. The number of aryl methyl sites for hydroxylation is 2. The van der Waals surface area contributed by atoms with Crippen LogP contribution in [0.5, 0.6) is 0 Å². The first-order valence-corrected chi connectivity index (χ1v) is 11.2. The molecule has 5 nitrogen and oxygen atoms in total. The van der Waals surface area contributed by atoms with Gasteiger partial charge in [0.05, 0.1) is 21.6 Å². The zero-order valence-electron chi connectivity index (χ0n) is 17.0. The molecule has 1 aliphatic carbocycles. The number of pyridine rings is 1. The second-order valence-corrected chi connectivity index (χ2v) is 9.94. The molecule has 0 amide bonds. The van der Waals surface area contributed by atoms with Crippen LogP contribution >= 0.6 is 11.6 Å². The Morgan fingerprint density at radius 3 is 2.61 bits per heavy atom. The Bertz CT molecular complexity index is 971. The molecular weight excluding hydrogens is 394 g/mol. The average molecular weight is 422 g/mol. The number of aromatic nitrogens is 1. The van der Waals surface area contributed by atoms with Crippen LogP contribution in [-0.4, -0.2) is 14.0 Å². The Balaban J connectivity index is 1.88. The lowest BCUT2D eigenvalue weighted by molar-refractivity contribution is 0.540. The predicted octanol–water partition coefficient (Wildman–Crippen LogP) is 4.91. The van der Waals surface area contributed by atoms with E-state index in [4.69, 9.17) is 11.6 Å². The fraction of sp³-hybridized carbons (Fsp3) is 0.476. The first-order valence-electron chi connectivity index (χ1n) is 9.58. The van der Waals surface area contributed by atoms with Gasteiger partial charge in [0, 0.05) is 12.6 Å². The normalized spacial score (nSPS) is 19.5. The number of nitrogens with zero attached hydrogens (tertiary/aromatic N) is 1. The van der Waals surface area contributed by atoms with E-state index in [1.165, 1.54) is 4.57 Å². The van der Waals surface area contributed by atoms with Crippen molar-refractivity contribution < 1.29 is 4.21 Å². The van der Waals surface area contributed by atoms with E-state index in [0.29, 0.717) is 39.6 Å². The highest BCUT2D eigenvalue weighted by Gasteiger charge is 2.42. The van der Waals surface area contributed by atoms with Crippen molar-refractivity contribution in [2.75, 3.05) is 10.0 Å². The Hall–Kier alpha value is -1.79. The second-order valence-electron chi connectivity index (χ2n) is 8.13. The fourth-order valence-electron chi connectivity index (χ4n) is 3.49. The van der Waals surface area contributed by atoms with E-state index in [9.17, 15) is 9.00 Å². The lowest BCUT2D eigenvalue weighted by atomic mass is 10.1. The molecule has 1 aromatic heterocycles. The maximum absolute atomic E-state index is 12.8. The molecule has 1 aromatic carbocycles. The van der Waals surface area contributed by atoms with Gasteiger partial charge in [-0.25, -0.2) is 4.21 Å². The SMILES string of the molecule is Cc1ccc(Nc2c(NS(=O)C3CC3CC(C)C)cc(C)c(=O)n2C)c(Cl)c1. The summed E-state index contributed by atoms with van der Waals surface area (Å²) in [4.78, 5) is 12.5. The zero-order valence-corrected chi connectivity index (χ0v) is 18.6. The summed E-state index contributed by atoms with van der Waals surface area (Å²) in [6.07, 6.45) is 2.07. The molecule has 2 aromatic rings. The van der Waals surface area contributed by atoms with Crippen LogP contribution in [0.3, 0.4) is 0 Å². The van der Waals surface area contributed by atoms with Gasteiger partial charge >= 0.3 is 0 Å². The quantitative estimate of drug-likeness (QED) is 0.667. The highest BCUT2D eigenvalue weighted by molar-refractivity contribution is 7.87. The van der Waals surface area contributed by atoms with Gasteiger partial charge in [0.2, 0.25) is 0 Å². The Kier molecular flexibility index (Phi) is 6.20. The first-order chi connectivity index (χ1) is 13.2. The van der Waals surface area contributed by atoms with Crippen molar-refractivity contribution in [3.63, 3.8) is 0 Å². The van der Waals surface area contributed by atoms with Gasteiger partial charge in [0.1, 0.15) is 16.8 Å². The van der Waals surface area contributed by atoms with Crippen LogP contribution < -0.4 is 15.6 Å². The van der Waals surface area contributed by atoms with Gasteiger partial charge < -0.3 is 10.0 Å². The summed E-state index contributed by atoms with van der Waals surface area (Å²) in [5.41, 5.74) is 2.88. The van der Waals surface area contributed by atoms with Gasteiger partial charge in [-0.1, -0.05) is 31.5 Å². The van der Waals surface area contributed by atoms with Crippen molar-refractivity contribution in [2.45, 2.75) is 45.8 Å². The highest BCUT2D eigenvalue weighted by atomic mass is 35.5. The third-order valence-electron chi connectivity index (χ3n) is 5.09. The molecular formula is C21H28ClN3O2S. The molecule has 3 unspecified atom stereocenters. The van der Waals surface area contributed by atoms with E-state index in [0.717, 1.165) is 18.4 Å². The zero-order chi connectivity index (χ0) is 20.6. The molecule has 152 valence electrons. The van der Waals surface area contributed by atoms with Gasteiger partial charge in [-0.2, -0.15) is 0 Å². The largest absolute Gasteiger partial charge is 0.339 e. The standard InChI is InChI=1S/C21H28ClN3O2S/c1-12(2)8-15-11-19(15)28(27)24-18-10-14(4)21(26)25(5)20(18)23-17-7-6-13(3)9-16(17)22/h6-7,9-10,12,15,19,23-24H,8,11H2,1-5H3. The number of halogens is 1. The summed E-state index contributed by atoms with van der Waals surface area (Å²) in [6.45, 7) is 8.11. The number of rotatable bonds is 7. The summed E-state index contributed by atoms with van der Waals surface area (Å²) in [5, 5.41) is 3.98. The van der Waals surface area contributed by atoms with Gasteiger partial charge in [-0.05, 0) is 62.3 Å². The van der Waals surface area contributed by atoms with Crippen LogP contribution in [0.4, 0.5) is 17.2 Å². The summed E-state index contributed by atoms with van der Waals surface area (Å²) in [7, 11) is 0.504. The first kappa shape index (κ1) is 20.9. The number of hydrogen-bond acceptors (Lipinski definition) is 3. The molecule has 28 heavy (non-hydrogen) atoms. The molecule has 2 N–H and O–H groups in total. The minimum atomic E-state index is -1.20. The van der Waals surface area contributed by atoms with E-state index in [1.54, 1.807) is 20.0 Å². The fourth-order valence-corrected chi connectivity index (χ4v) is 5.18. The molecule has 7 heteroatoms. The molecule has 3 rings (SSSR count). The molecule has 0 aliphatic heterocycles. The minimum Gasteiger partial charge on any atom is -0.339 e. The highest BCUT2D eigenvalue weighted by Crippen LogP contribution is 2.41. The number of anilines is 3. The maximum atomic E-state index is 12.8. The molecule has 3 atom stereocenters. The van der Waals surface area contributed by atoms with E-state index in [-0.39, 0.29) is 10.8 Å². The third-order valence-corrected chi connectivity index (χ3v) is 6.95. The summed E-state index contributed by atoms with van der Waals surface area (Å²) < 4.78 is 17.5. The van der Waals surface area contributed by atoms with E-state index in [2.05, 4.69) is 23.9 Å². The molecule has 0 bridgehead atoms. The van der Waals surface area contributed by atoms with Crippen LogP contribution in [0.2, 0.25) is 5.02 Å². The van der Waals surface area contributed by atoms with Crippen molar-refractivity contribution in [3.8, 4) is 0 Å². The smallest absolute Gasteiger partial charge is 0.254 e. The summed E-state index contributed by atoms with van der Waals surface area (Å²) >= 11 is 6.36. The lowest BCUT2D eigenvalue weighted by Crippen LogP contribution is -2.24. The van der Waals surface area contributed by atoms with Crippen LogP contribution in [0.25, 0.3) is 0 Å². The van der Waals surface area contributed by atoms with Crippen molar-refractivity contribution in [3.05, 3.63) is 50.8 Å². The van der Waals surface area contributed by atoms with E-state index >= 15 is 0 Å². The van der Waals surface area contributed by atoms with Crippen LogP contribution in [-0.2, 0) is 18.0 Å². The minimum absolute atomic E-state index is 0.105. The number of hydrogen-bond donors (Lipinski definition) is 2. The molecule has 1 heterocycles. The van der Waals surface area contributed by atoms with Crippen molar-refractivity contribution in [1.82, 2.24) is 4.57 Å². The van der Waals surface area contributed by atoms with E-state index < -0.39 is 11.0 Å². The summed E-state index contributed by atoms with van der Waals surface area (Å²) in [5.74, 6) is 1.66. The predicted molar refractivity (Wildman–Crippen MR) is 119 cm³/mol. The second kappa shape index (κ2) is 8.29. The van der Waals surface area contributed by atoms with Crippen molar-refractivity contribution in [2.24, 2.45) is 18.9 Å². The maximum Gasteiger partial charge on any atom is 0.254 e. The molecule has 0 saturated heterocycles. The van der Waals surface area contributed by atoms with Crippen LogP contribution in [0, 0.1) is 25.7 Å². The van der Waals surface area contributed by atoms with Crippen LogP contribution in [0.1, 0.15) is 37.8 Å². The molecule has 1 aliphatic rings. The number of nitrogens with one attached hydrogen (secondary N) is 2. The van der Waals surface area contributed by atoms with Crippen molar-refractivity contribution >= 4 is 39.8 Å². The Morgan fingerprint density at radius 2 is 1.96 bits per heavy atom. The van der Waals surface area contributed by atoms with Crippen molar-refractivity contribution in [1.29, 1.82) is 0 Å². The van der Waals surface area contributed by atoms with Gasteiger partial charge in [-0.3, -0.25) is 9.36 Å². The van der Waals surface area contributed by atoms with Gasteiger partial charge in [-0.15, -0.1) is 0 Å². The molecule has 0 spiro atoms. The van der Waals surface area contributed by atoms with Crippen LogP contribution in [0.15, 0.2) is 29.1 Å². The van der Waals surface area contributed by atoms with E-state index in [1.807, 2.05) is 25.1 Å². The topological polar surface area (TPSA) is 63.1 Å². The molecule has 1 fully saturated rings. The van der Waals surface area contributed by atoms with Gasteiger partial charge in [0.15, 0.2) is 0 Å². The third kappa shape index (κ3) is 4.61. The summed E-state index contributed by atoms with van der Waals surface area (Å²) in [6, 6.07) is 7.45. The monoisotopic (exact) mass is 421 g/mol. The average Bonchev–Trinajstić information content (AvgIpc) is 3.36. The number of benzene rings is 1. The van der Waals surface area contributed by atoms with Gasteiger partial charge in [0.25, 0.3) is 5.56 Å². The molecule has 0 radical (unpaired) electrons. The molecule has 1 saturated carbocycles. The Labute approximate surface area is 174 Å².